The lowest BCUT2D eigenvalue weighted by Gasteiger charge is -2.32. The van der Waals surface area contributed by atoms with E-state index in [-0.39, 0.29) is 11.9 Å². The van der Waals surface area contributed by atoms with Gasteiger partial charge < -0.3 is 13.8 Å². The summed E-state index contributed by atoms with van der Waals surface area (Å²) in [5.74, 6) is 1.94. The van der Waals surface area contributed by atoms with Crippen LogP contribution in [0.1, 0.15) is 53.3 Å². The summed E-state index contributed by atoms with van der Waals surface area (Å²) in [5.41, 5.74) is 0. The Morgan fingerprint density at radius 1 is 1.36 bits per heavy atom. The van der Waals surface area contributed by atoms with Crippen LogP contribution in [-0.2, 0) is 6.54 Å². The first-order chi connectivity index (χ1) is 12.2. The van der Waals surface area contributed by atoms with Crippen LogP contribution in [0.25, 0.3) is 0 Å². The number of amides is 1. The van der Waals surface area contributed by atoms with E-state index in [0.717, 1.165) is 19.3 Å². The van der Waals surface area contributed by atoms with Crippen LogP contribution >= 0.6 is 0 Å². The third kappa shape index (κ3) is 3.19. The van der Waals surface area contributed by atoms with Gasteiger partial charge in [-0.15, -0.1) is 0 Å². The van der Waals surface area contributed by atoms with Crippen molar-refractivity contribution in [3.05, 3.63) is 53.8 Å². The SMILES string of the molecule is Cc1noc(C2CCCCN2C(=O)c2ccc(Cn3cccn3)o2)n1. The fourth-order valence-corrected chi connectivity index (χ4v) is 3.15. The number of likely N-dealkylation sites (tertiary alicyclic amines) is 1. The molecular weight excluding hydrogens is 322 g/mol. The molecule has 4 heterocycles. The zero-order valence-electron chi connectivity index (χ0n) is 14.0. The van der Waals surface area contributed by atoms with Crippen molar-refractivity contribution in [3.8, 4) is 0 Å². The highest BCUT2D eigenvalue weighted by molar-refractivity contribution is 5.91. The molecule has 0 spiro atoms. The van der Waals surface area contributed by atoms with E-state index < -0.39 is 0 Å². The summed E-state index contributed by atoms with van der Waals surface area (Å²) in [7, 11) is 0. The second kappa shape index (κ2) is 6.54. The zero-order chi connectivity index (χ0) is 17.2. The lowest BCUT2D eigenvalue weighted by Crippen LogP contribution is -2.38. The Bertz CT molecular complexity index is 851. The Morgan fingerprint density at radius 3 is 3.04 bits per heavy atom. The fraction of sp³-hybridized carbons (Fsp3) is 0.412. The van der Waals surface area contributed by atoms with Crippen LogP contribution in [0.4, 0.5) is 0 Å². The van der Waals surface area contributed by atoms with Crippen LogP contribution in [0.2, 0.25) is 0 Å². The Hall–Kier alpha value is -2.90. The van der Waals surface area contributed by atoms with Crippen molar-refractivity contribution in [2.24, 2.45) is 0 Å². The van der Waals surface area contributed by atoms with E-state index in [4.69, 9.17) is 8.94 Å². The van der Waals surface area contributed by atoms with Crippen LogP contribution in [0.5, 0.6) is 0 Å². The molecule has 130 valence electrons. The molecular formula is C17H19N5O3. The number of piperidine rings is 1. The Morgan fingerprint density at radius 2 is 2.28 bits per heavy atom. The fourth-order valence-electron chi connectivity index (χ4n) is 3.15. The maximum Gasteiger partial charge on any atom is 0.290 e. The van der Waals surface area contributed by atoms with Gasteiger partial charge in [-0.05, 0) is 44.4 Å². The van der Waals surface area contributed by atoms with Crippen molar-refractivity contribution in [1.29, 1.82) is 0 Å². The van der Waals surface area contributed by atoms with Crippen LogP contribution < -0.4 is 0 Å². The summed E-state index contributed by atoms with van der Waals surface area (Å²) in [5, 5.41) is 7.99. The lowest BCUT2D eigenvalue weighted by molar-refractivity contribution is 0.0527. The number of aromatic nitrogens is 4. The van der Waals surface area contributed by atoms with Crippen molar-refractivity contribution in [1.82, 2.24) is 24.8 Å². The van der Waals surface area contributed by atoms with E-state index in [1.807, 2.05) is 18.3 Å². The van der Waals surface area contributed by atoms with Crippen molar-refractivity contribution < 1.29 is 13.7 Å². The van der Waals surface area contributed by atoms with Crippen molar-refractivity contribution in [3.63, 3.8) is 0 Å². The molecule has 0 aromatic carbocycles. The monoisotopic (exact) mass is 341 g/mol. The van der Waals surface area contributed by atoms with Gasteiger partial charge in [-0.25, -0.2) is 0 Å². The van der Waals surface area contributed by atoms with Crippen molar-refractivity contribution in [2.75, 3.05) is 6.54 Å². The first-order valence-electron chi connectivity index (χ1n) is 8.38. The summed E-state index contributed by atoms with van der Waals surface area (Å²) in [6, 6.07) is 5.18. The quantitative estimate of drug-likeness (QED) is 0.724. The topological polar surface area (TPSA) is 90.2 Å². The molecule has 1 unspecified atom stereocenters. The summed E-state index contributed by atoms with van der Waals surface area (Å²) in [4.78, 5) is 19.0. The second-order valence-electron chi connectivity index (χ2n) is 6.16. The van der Waals surface area contributed by atoms with Gasteiger partial charge in [-0.2, -0.15) is 10.1 Å². The van der Waals surface area contributed by atoms with Gasteiger partial charge in [0.25, 0.3) is 5.91 Å². The van der Waals surface area contributed by atoms with Crippen LogP contribution in [0.3, 0.4) is 0 Å². The molecule has 8 heteroatoms. The maximum atomic E-state index is 12.9. The number of rotatable bonds is 4. The van der Waals surface area contributed by atoms with Gasteiger partial charge in [0.15, 0.2) is 11.6 Å². The third-order valence-electron chi connectivity index (χ3n) is 4.34. The summed E-state index contributed by atoms with van der Waals surface area (Å²) in [6.07, 6.45) is 6.35. The largest absolute Gasteiger partial charge is 0.454 e. The zero-order valence-corrected chi connectivity index (χ0v) is 14.0. The summed E-state index contributed by atoms with van der Waals surface area (Å²) < 4.78 is 12.8. The first kappa shape index (κ1) is 15.6. The normalized spacial score (nSPS) is 17.8. The molecule has 4 rings (SSSR count). The maximum absolute atomic E-state index is 12.9. The molecule has 3 aromatic rings. The lowest BCUT2D eigenvalue weighted by atomic mass is 10.0. The molecule has 0 bridgehead atoms. The van der Waals surface area contributed by atoms with Crippen LogP contribution in [-0.4, -0.2) is 37.3 Å². The van der Waals surface area contributed by atoms with E-state index in [9.17, 15) is 4.79 Å². The minimum absolute atomic E-state index is 0.146. The molecule has 0 N–H and O–H groups in total. The van der Waals surface area contributed by atoms with Crippen LogP contribution in [0, 0.1) is 6.92 Å². The first-order valence-corrected chi connectivity index (χ1v) is 8.38. The second-order valence-corrected chi connectivity index (χ2v) is 6.16. The number of carbonyl (C=O) groups is 1. The molecule has 25 heavy (non-hydrogen) atoms. The number of aryl methyl sites for hydroxylation is 1. The minimum Gasteiger partial charge on any atom is -0.454 e. The molecule has 1 aliphatic heterocycles. The molecule has 0 aliphatic carbocycles. The third-order valence-corrected chi connectivity index (χ3v) is 4.34. The molecule has 1 aliphatic rings. The van der Waals surface area contributed by atoms with Crippen molar-refractivity contribution in [2.45, 2.75) is 38.8 Å². The van der Waals surface area contributed by atoms with Gasteiger partial charge in [0.1, 0.15) is 11.8 Å². The molecule has 0 radical (unpaired) electrons. The molecule has 1 fully saturated rings. The van der Waals surface area contributed by atoms with Gasteiger partial charge in [-0.3, -0.25) is 9.48 Å². The molecule has 1 atom stereocenters. The van der Waals surface area contributed by atoms with E-state index in [1.165, 1.54) is 0 Å². The Kier molecular flexibility index (Phi) is 4.09. The number of furan rings is 1. The summed E-state index contributed by atoms with van der Waals surface area (Å²) >= 11 is 0. The standard InChI is InChI=1S/C17H19N5O3/c1-12-19-16(25-20-12)14-5-2-3-10-22(14)17(23)15-7-6-13(24-15)11-21-9-4-8-18-21/h4,6-9,14H,2-3,5,10-11H2,1H3. The molecule has 8 nitrogen and oxygen atoms in total. The van der Waals surface area contributed by atoms with Crippen LogP contribution in [0.15, 0.2) is 39.5 Å². The van der Waals surface area contributed by atoms with Gasteiger partial charge >= 0.3 is 0 Å². The van der Waals surface area contributed by atoms with E-state index >= 15 is 0 Å². The average Bonchev–Trinajstić information content (AvgIpc) is 3.37. The average molecular weight is 341 g/mol. The minimum atomic E-state index is -0.192. The predicted molar refractivity (Wildman–Crippen MR) is 86.7 cm³/mol. The van der Waals surface area contributed by atoms with Gasteiger partial charge in [0.05, 0.1) is 6.54 Å². The Balaban J connectivity index is 1.53. The highest BCUT2D eigenvalue weighted by Gasteiger charge is 2.33. The highest BCUT2D eigenvalue weighted by atomic mass is 16.5. The van der Waals surface area contributed by atoms with Gasteiger partial charge in [0.2, 0.25) is 5.89 Å². The highest BCUT2D eigenvalue weighted by Crippen LogP contribution is 2.31. The number of carbonyl (C=O) groups excluding carboxylic acids is 1. The van der Waals surface area contributed by atoms with Gasteiger partial charge in [-0.1, -0.05) is 5.16 Å². The van der Waals surface area contributed by atoms with Crippen molar-refractivity contribution >= 4 is 5.91 Å². The number of hydrogen-bond donors (Lipinski definition) is 0. The molecule has 0 saturated carbocycles. The predicted octanol–water partition coefficient (Wildman–Crippen LogP) is 2.58. The smallest absolute Gasteiger partial charge is 0.290 e. The van der Waals surface area contributed by atoms with E-state index in [1.54, 1.807) is 28.8 Å². The summed E-state index contributed by atoms with van der Waals surface area (Å²) in [6.45, 7) is 2.92. The van der Waals surface area contributed by atoms with Gasteiger partial charge in [0, 0.05) is 18.9 Å². The molecule has 3 aromatic heterocycles. The molecule has 1 amide bonds. The number of nitrogens with zero attached hydrogens (tertiary/aromatic N) is 5. The Labute approximate surface area is 144 Å². The number of hydrogen-bond acceptors (Lipinski definition) is 6. The van der Waals surface area contributed by atoms with E-state index in [2.05, 4.69) is 15.2 Å². The van der Waals surface area contributed by atoms with E-state index in [0.29, 0.717) is 36.3 Å². The molecule has 1 saturated heterocycles.